The molecule has 1 aliphatic rings. The number of piperidine rings is 1. The summed E-state index contributed by atoms with van der Waals surface area (Å²) >= 11 is 0. The number of aliphatic hydroxyl groups is 1. The molecule has 1 amide bonds. The molecule has 0 radical (unpaired) electrons. The molecular weight excluding hydrogens is 349 g/mol. The third-order valence-electron chi connectivity index (χ3n) is 4.22. The van der Waals surface area contributed by atoms with Gasteiger partial charge in [0.2, 0.25) is 0 Å². The van der Waals surface area contributed by atoms with Crippen molar-refractivity contribution in [3.05, 3.63) is 54.0 Å². The maximum absolute atomic E-state index is 12.8. The van der Waals surface area contributed by atoms with Crippen LogP contribution in [0.15, 0.2) is 42.9 Å². The smallest absolute Gasteiger partial charge is 0.389 e. The number of halogens is 3. The maximum Gasteiger partial charge on any atom is 0.416 e. The van der Waals surface area contributed by atoms with Crippen molar-refractivity contribution in [3.63, 3.8) is 0 Å². The number of aromatic nitrogens is 2. The number of alkyl halides is 3. The second-order valence-corrected chi connectivity index (χ2v) is 6.02. The van der Waals surface area contributed by atoms with Crippen molar-refractivity contribution in [2.75, 3.05) is 18.0 Å². The van der Waals surface area contributed by atoms with Crippen LogP contribution in [0.5, 0.6) is 0 Å². The van der Waals surface area contributed by atoms with E-state index in [4.69, 9.17) is 0 Å². The Morgan fingerprint density at radius 1 is 1.31 bits per heavy atom. The number of carbonyl (C=O) groups is 1. The Bertz CT molecular complexity index is 770. The molecule has 0 aliphatic carbocycles. The van der Waals surface area contributed by atoms with Gasteiger partial charge in [-0.15, -0.1) is 0 Å². The lowest BCUT2D eigenvalue weighted by Gasteiger charge is -2.36. The highest BCUT2D eigenvalue weighted by atomic mass is 19.4. The van der Waals surface area contributed by atoms with E-state index in [0.717, 1.165) is 12.1 Å². The first-order valence-corrected chi connectivity index (χ1v) is 8.02. The van der Waals surface area contributed by atoms with Gasteiger partial charge in [0, 0.05) is 31.0 Å². The Kier molecular flexibility index (Phi) is 5.08. The fraction of sp³-hybridized carbons (Fsp3) is 0.353. The van der Waals surface area contributed by atoms with Crippen LogP contribution in [0.4, 0.5) is 19.0 Å². The lowest BCUT2D eigenvalue weighted by Crippen LogP contribution is -2.54. The van der Waals surface area contributed by atoms with Crippen molar-refractivity contribution in [2.24, 2.45) is 0 Å². The number of rotatable bonds is 3. The third kappa shape index (κ3) is 4.10. The molecule has 2 aromatic rings. The van der Waals surface area contributed by atoms with Crippen molar-refractivity contribution < 1.29 is 23.1 Å². The number of amides is 1. The van der Waals surface area contributed by atoms with E-state index in [9.17, 15) is 23.1 Å². The number of benzene rings is 1. The van der Waals surface area contributed by atoms with Crippen molar-refractivity contribution in [1.29, 1.82) is 0 Å². The standard InChI is InChI=1S/C17H17F3N4O2/c18-17(19,20)12-3-1-2-11(8-12)16(26)23-13-4-7-24(10-14(13)25)15-9-21-5-6-22-15/h1-3,5-6,8-9,13-14,25H,4,7,10H2,(H,23,26)/t13-,14-/m1/s1. The molecule has 1 aliphatic heterocycles. The van der Waals surface area contributed by atoms with Crippen LogP contribution < -0.4 is 10.2 Å². The number of aliphatic hydroxyl groups excluding tert-OH is 1. The van der Waals surface area contributed by atoms with Gasteiger partial charge < -0.3 is 15.3 Å². The Morgan fingerprint density at radius 2 is 2.12 bits per heavy atom. The van der Waals surface area contributed by atoms with E-state index in [1.807, 2.05) is 4.90 Å². The van der Waals surface area contributed by atoms with E-state index in [1.165, 1.54) is 12.1 Å². The molecule has 0 spiro atoms. The first kappa shape index (κ1) is 18.1. The van der Waals surface area contributed by atoms with Crippen molar-refractivity contribution in [2.45, 2.75) is 24.7 Å². The quantitative estimate of drug-likeness (QED) is 0.867. The predicted molar refractivity (Wildman–Crippen MR) is 87.6 cm³/mol. The summed E-state index contributed by atoms with van der Waals surface area (Å²) in [6, 6.07) is 3.66. The summed E-state index contributed by atoms with van der Waals surface area (Å²) in [6.07, 6.45) is -0.291. The van der Waals surface area contributed by atoms with Gasteiger partial charge in [0.25, 0.3) is 5.91 Å². The molecule has 1 saturated heterocycles. The van der Waals surface area contributed by atoms with Crippen molar-refractivity contribution in [1.82, 2.24) is 15.3 Å². The minimum absolute atomic E-state index is 0.0941. The van der Waals surface area contributed by atoms with Crippen LogP contribution in [-0.2, 0) is 6.18 Å². The summed E-state index contributed by atoms with van der Waals surface area (Å²) in [5.74, 6) is -0.0256. The van der Waals surface area contributed by atoms with Crippen LogP contribution in [0.1, 0.15) is 22.3 Å². The molecule has 6 nitrogen and oxygen atoms in total. The summed E-state index contributed by atoms with van der Waals surface area (Å²) in [4.78, 5) is 22.2. The fourth-order valence-electron chi connectivity index (χ4n) is 2.85. The highest BCUT2D eigenvalue weighted by molar-refractivity contribution is 5.94. The lowest BCUT2D eigenvalue weighted by atomic mass is 10.0. The number of hydrogen-bond acceptors (Lipinski definition) is 5. The van der Waals surface area contributed by atoms with Gasteiger partial charge in [0.05, 0.1) is 23.9 Å². The number of nitrogens with one attached hydrogen (secondary N) is 1. The Hall–Kier alpha value is -2.68. The average molecular weight is 366 g/mol. The predicted octanol–water partition coefficient (Wildman–Crippen LogP) is 1.86. The first-order valence-electron chi connectivity index (χ1n) is 8.02. The van der Waals surface area contributed by atoms with Crippen LogP contribution in [0.25, 0.3) is 0 Å². The number of hydrogen-bond donors (Lipinski definition) is 2. The summed E-state index contributed by atoms with van der Waals surface area (Å²) in [5, 5.41) is 12.9. The highest BCUT2D eigenvalue weighted by Crippen LogP contribution is 2.29. The van der Waals surface area contributed by atoms with Crippen LogP contribution in [0, 0.1) is 0 Å². The van der Waals surface area contributed by atoms with Crippen LogP contribution >= 0.6 is 0 Å². The third-order valence-corrected chi connectivity index (χ3v) is 4.22. The average Bonchev–Trinajstić information content (AvgIpc) is 2.63. The Morgan fingerprint density at radius 3 is 2.77 bits per heavy atom. The monoisotopic (exact) mass is 366 g/mol. The van der Waals surface area contributed by atoms with Gasteiger partial charge in [0.15, 0.2) is 0 Å². The zero-order valence-electron chi connectivity index (χ0n) is 13.6. The number of β-amino-alcohol motifs (C(OH)–C–C–N with tert-alkyl or cyclic N) is 1. The van der Waals surface area contributed by atoms with Crippen LogP contribution in [0.2, 0.25) is 0 Å². The Labute approximate surface area is 147 Å². The van der Waals surface area contributed by atoms with Gasteiger partial charge in [-0.05, 0) is 24.6 Å². The zero-order chi connectivity index (χ0) is 18.7. The minimum atomic E-state index is -4.52. The number of nitrogens with zero attached hydrogens (tertiary/aromatic N) is 3. The van der Waals surface area contributed by atoms with Gasteiger partial charge >= 0.3 is 6.18 Å². The summed E-state index contributed by atoms with van der Waals surface area (Å²) < 4.78 is 38.3. The molecule has 3 rings (SSSR count). The summed E-state index contributed by atoms with van der Waals surface area (Å²) in [6.45, 7) is 0.773. The molecule has 138 valence electrons. The SMILES string of the molecule is O=C(N[C@@H]1CCN(c2cnccn2)C[C@H]1O)c1cccc(C(F)(F)F)c1. The van der Waals surface area contributed by atoms with Crippen molar-refractivity contribution in [3.8, 4) is 0 Å². The molecule has 2 atom stereocenters. The van der Waals surface area contributed by atoms with E-state index < -0.39 is 29.8 Å². The van der Waals surface area contributed by atoms with Gasteiger partial charge in [-0.2, -0.15) is 13.2 Å². The molecule has 1 fully saturated rings. The van der Waals surface area contributed by atoms with E-state index in [0.29, 0.717) is 18.8 Å². The summed E-state index contributed by atoms with van der Waals surface area (Å²) in [7, 11) is 0. The zero-order valence-corrected chi connectivity index (χ0v) is 13.6. The molecule has 1 aromatic heterocycles. The molecule has 0 saturated carbocycles. The second kappa shape index (κ2) is 7.28. The topological polar surface area (TPSA) is 78.4 Å². The molecular formula is C17H17F3N4O2. The largest absolute Gasteiger partial charge is 0.416 e. The van der Waals surface area contributed by atoms with E-state index >= 15 is 0 Å². The van der Waals surface area contributed by atoms with Gasteiger partial charge in [0.1, 0.15) is 5.82 Å². The van der Waals surface area contributed by atoms with E-state index in [1.54, 1.807) is 18.6 Å². The summed E-state index contributed by atoms with van der Waals surface area (Å²) in [5.41, 5.74) is -0.980. The molecule has 26 heavy (non-hydrogen) atoms. The molecule has 2 N–H and O–H groups in total. The molecule has 0 bridgehead atoms. The normalized spacial score (nSPS) is 20.7. The van der Waals surface area contributed by atoms with E-state index in [-0.39, 0.29) is 12.1 Å². The number of anilines is 1. The Balaban J connectivity index is 1.64. The molecule has 0 unspecified atom stereocenters. The molecule has 1 aromatic carbocycles. The van der Waals surface area contributed by atoms with Crippen LogP contribution in [-0.4, -0.2) is 46.2 Å². The first-order chi connectivity index (χ1) is 12.3. The maximum atomic E-state index is 12.8. The highest BCUT2D eigenvalue weighted by Gasteiger charge is 2.32. The lowest BCUT2D eigenvalue weighted by molar-refractivity contribution is -0.137. The number of carbonyl (C=O) groups excluding carboxylic acids is 1. The van der Waals surface area contributed by atoms with Gasteiger partial charge in [-0.1, -0.05) is 6.07 Å². The van der Waals surface area contributed by atoms with Gasteiger partial charge in [-0.25, -0.2) is 4.98 Å². The minimum Gasteiger partial charge on any atom is -0.389 e. The fourth-order valence-corrected chi connectivity index (χ4v) is 2.85. The molecule has 9 heteroatoms. The van der Waals surface area contributed by atoms with E-state index in [2.05, 4.69) is 15.3 Å². The molecule has 2 heterocycles. The van der Waals surface area contributed by atoms with Gasteiger partial charge in [-0.3, -0.25) is 9.78 Å². The van der Waals surface area contributed by atoms with Crippen LogP contribution in [0.3, 0.4) is 0 Å². The second-order valence-electron chi connectivity index (χ2n) is 6.02. The van der Waals surface area contributed by atoms with Crippen molar-refractivity contribution >= 4 is 11.7 Å².